The van der Waals surface area contributed by atoms with E-state index in [0.717, 1.165) is 28.0 Å². The molecule has 98 valence electrons. The van der Waals surface area contributed by atoms with Crippen molar-refractivity contribution in [3.05, 3.63) is 51.7 Å². The van der Waals surface area contributed by atoms with Crippen LogP contribution in [0.15, 0.2) is 30.3 Å². The predicted molar refractivity (Wildman–Crippen MR) is 70.9 cm³/mol. The van der Waals surface area contributed by atoms with Gasteiger partial charge in [-0.05, 0) is 12.1 Å². The summed E-state index contributed by atoms with van der Waals surface area (Å²) in [6, 6.07) is 6.81. The third-order valence-electron chi connectivity index (χ3n) is 2.19. The lowest BCUT2D eigenvalue weighted by Gasteiger charge is -2.04. The van der Waals surface area contributed by atoms with Crippen LogP contribution in [0.5, 0.6) is 5.75 Å². The second kappa shape index (κ2) is 6.32. The van der Waals surface area contributed by atoms with E-state index in [9.17, 15) is 8.78 Å². The molecule has 19 heavy (non-hydrogen) atoms. The molecule has 0 aliphatic carbocycles. The minimum Gasteiger partial charge on any atom is -0.488 e. The van der Waals surface area contributed by atoms with Gasteiger partial charge in [0.15, 0.2) is 0 Å². The van der Waals surface area contributed by atoms with Gasteiger partial charge in [0.25, 0.3) is 0 Å². The zero-order chi connectivity index (χ0) is 13.7. The third-order valence-corrected chi connectivity index (χ3v) is 3.17. The summed E-state index contributed by atoms with van der Waals surface area (Å²) >= 11 is 1.46. The van der Waals surface area contributed by atoms with Crippen LogP contribution in [0.2, 0.25) is 0 Å². The van der Waals surface area contributed by atoms with Crippen molar-refractivity contribution < 1.29 is 13.5 Å². The Labute approximate surface area is 113 Å². The van der Waals surface area contributed by atoms with E-state index < -0.39 is 11.6 Å². The molecule has 0 radical (unpaired) electrons. The highest BCUT2D eigenvalue weighted by Gasteiger charge is 2.03. The fraction of sp³-hybridized carbons (Fsp3) is 0.143. The molecule has 1 heterocycles. The van der Waals surface area contributed by atoms with Crippen LogP contribution < -0.4 is 10.5 Å². The summed E-state index contributed by atoms with van der Waals surface area (Å²) in [5.74, 6) is 4.52. The van der Waals surface area contributed by atoms with E-state index in [0.29, 0.717) is 6.54 Å². The van der Waals surface area contributed by atoms with Gasteiger partial charge in [-0.25, -0.2) is 8.78 Å². The number of hydrogen-bond donors (Lipinski definition) is 1. The molecule has 0 saturated heterocycles. The van der Waals surface area contributed by atoms with E-state index in [1.807, 2.05) is 12.1 Å². The van der Waals surface area contributed by atoms with Crippen molar-refractivity contribution in [2.24, 2.45) is 5.73 Å². The Hall–Kier alpha value is -1.90. The van der Waals surface area contributed by atoms with Crippen LogP contribution in [0.3, 0.4) is 0 Å². The van der Waals surface area contributed by atoms with Crippen LogP contribution in [-0.4, -0.2) is 6.54 Å². The normalized spacial score (nSPS) is 9.84. The lowest BCUT2D eigenvalue weighted by molar-refractivity contribution is 0.306. The average molecular weight is 279 g/mol. The first kappa shape index (κ1) is 13.5. The smallest absolute Gasteiger partial charge is 0.129 e. The van der Waals surface area contributed by atoms with Crippen LogP contribution in [-0.2, 0) is 6.61 Å². The van der Waals surface area contributed by atoms with E-state index in [4.69, 9.17) is 10.5 Å². The summed E-state index contributed by atoms with van der Waals surface area (Å²) in [7, 11) is 0. The number of rotatable bonds is 3. The Morgan fingerprint density at radius 3 is 2.58 bits per heavy atom. The average Bonchev–Trinajstić information content (AvgIpc) is 2.81. The summed E-state index contributed by atoms with van der Waals surface area (Å²) in [4.78, 5) is 1.81. The maximum absolute atomic E-state index is 12.9. The van der Waals surface area contributed by atoms with Crippen molar-refractivity contribution in [2.75, 3.05) is 6.54 Å². The Balaban J connectivity index is 2.00. The van der Waals surface area contributed by atoms with E-state index >= 15 is 0 Å². The minimum atomic E-state index is -0.657. The van der Waals surface area contributed by atoms with Crippen LogP contribution >= 0.6 is 11.3 Å². The first-order chi connectivity index (χ1) is 9.17. The van der Waals surface area contributed by atoms with Gasteiger partial charge in [0, 0.05) is 23.1 Å². The van der Waals surface area contributed by atoms with E-state index in [-0.39, 0.29) is 12.4 Å². The van der Waals surface area contributed by atoms with Crippen molar-refractivity contribution in [3.63, 3.8) is 0 Å². The van der Waals surface area contributed by atoms with Crippen molar-refractivity contribution in [2.45, 2.75) is 6.61 Å². The lowest BCUT2D eigenvalue weighted by Crippen LogP contribution is -1.94. The number of thiophene rings is 1. The molecule has 0 atom stereocenters. The quantitative estimate of drug-likeness (QED) is 0.877. The lowest BCUT2D eigenvalue weighted by atomic mass is 10.3. The number of nitrogens with two attached hydrogens (primary N) is 1. The molecule has 0 bridgehead atoms. The van der Waals surface area contributed by atoms with E-state index in [1.54, 1.807) is 0 Å². The molecule has 1 aromatic carbocycles. The van der Waals surface area contributed by atoms with Gasteiger partial charge in [0.1, 0.15) is 24.0 Å². The highest BCUT2D eigenvalue weighted by molar-refractivity contribution is 7.12. The Morgan fingerprint density at radius 1 is 1.16 bits per heavy atom. The maximum Gasteiger partial charge on any atom is 0.129 e. The zero-order valence-electron chi connectivity index (χ0n) is 9.95. The second-order valence-electron chi connectivity index (χ2n) is 3.67. The summed E-state index contributed by atoms with van der Waals surface area (Å²) in [6.45, 7) is 0.560. The van der Waals surface area contributed by atoms with Crippen LogP contribution in [0.25, 0.3) is 0 Å². The second-order valence-corrected chi connectivity index (χ2v) is 4.83. The molecule has 2 aromatic rings. The van der Waals surface area contributed by atoms with Gasteiger partial charge in [-0.1, -0.05) is 11.8 Å². The largest absolute Gasteiger partial charge is 0.488 e. The van der Waals surface area contributed by atoms with Crippen LogP contribution in [0.1, 0.15) is 9.75 Å². The first-order valence-corrected chi connectivity index (χ1v) is 6.35. The van der Waals surface area contributed by atoms with Crippen molar-refractivity contribution >= 4 is 11.3 Å². The van der Waals surface area contributed by atoms with Gasteiger partial charge in [-0.15, -0.1) is 11.3 Å². The van der Waals surface area contributed by atoms with E-state index in [2.05, 4.69) is 11.8 Å². The van der Waals surface area contributed by atoms with Gasteiger partial charge in [0.2, 0.25) is 0 Å². The molecule has 0 saturated carbocycles. The fourth-order valence-electron chi connectivity index (χ4n) is 1.43. The molecule has 5 heteroatoms. The van der Waals surface area contributed by atoms with Crippen molar-refractivity contribution in [1.82, 2.24) is 0 Å². The van der Waals surface area contributed by atoms with Gasteiger partial charge in [-0.3, -0.25) is 0 Å². The number of ether oxygens (including phenoxy) is 1. The summed E-state index contributed by atoms with van der Waals surface area (Å²) in [6.07, 6.45) is 0. The molecule has 0 amide bonds. The Kier molecular flexibility index (Phi) is 4.50. The van der Waals surface area contributed by atoms with E-state index in [1.165, 1.54) is 11.3 Å². The first-order valence-electron chi connectivity index (χ1n) is 5.54. The molecule has 2 N–H and O–H groups in total. The minimum absolute atomic E-state index is 0.167. The molecule has 2 rings (SSSR count). The summed E-state index contributed by atoms with van der Waals surface area (Å²) in [5, 5.41) is 0. The fourth-order valence-corrected chi connectivity index (χ4v) is 2.22. The summed E-state index contributed by atoms with van der Waals surface area (Å²) in [5.41, 5.74) is 5.28. The van der Waals surface area contributed by atoms with Gasteiger partial charge in [0.05, 0.1) is 11.4 Å². The SMILES string of the molecule is NCC#Cc1ccc(COc2cc(F)cc(F)c2)s1. The molecule has 0 unspecified atom stereocenters. The summed E-state index contributed by atoms with van der Waals surface area (Å²) < 4.78 is 31.2. The maximum atomic E-state index is 12.9. The van der Waals surface area contributed by atoms with Crippen LogP contribution in [0, 0.1) is 23.5 Å². The molecular formula is C14H11F2NOS. The molecule has 0 fully saturated rings. The predicted octanol–water partition coefficient (Wildman–Crippen LogP) is 2.92. The number of halogens is 2. The topological polar surface area (TPSA) is 35.2 Å². The number of hydrogen-bond acceptors (Lipinski definition) is 3. The monoisotopic (exact) mass is 279 g/mol. The van der Waals surface area contributed by atoms with Crippen molar-refractivity contribution in [1.29, 1.82) is 0 Å². The molecule has 0 spiro atoms. The zero-order valence-corrected chi connectivity index (χ0v) is 10.8. The number of benzene rings is 1. The Bertz CT molecular complexity index is 608. The molecule has 0 aliphatic heterocycles. The highest BCUT2D eigenvalue weighted by atomic mass is 32.1. The molecule has 1 aromatic heterocycles. The van der Waals surface area contributed by atoms with Gasteiger partial charge >= 0.3 is 0 Å². The third kappa shape index (κ3) is 4.05. The standard InChI is InChI=1S/C14H11F2NOS/c15-10-6-11(16)8-12(7-10)18-9-14-4-3-13(19-14)2-1-5-17/h3-4,6-8H,5,9,17H2. The Morgan fingerprint density at radius 2 is 1.89 bits per heavy atom. The molecular weight excluding hydrogens is 268 g/mol. The van der Waals surface area contributed by atoms with Gasteiger partial charge < -0.3 is 10.5 Å². The van der Waals surface area contributed by atoms with Crippen LogP contribution in [0.4, 0.5) is 8.78 Å². The molecule has 0 aliphatic rings. The van der Waals surface area contributed by atoms with Gasteiger partial charge in [-0.2, -0.15) is 0 Å². The highest BCUT2D eigenvalue weighted by Crippen LogP contribution is 2.20. The van der Waals surface area contributed by atoms with Crippen molar-refractivity contribution in [3.8, 4) is 17.6 Å². The molecule has 2 nitrogen and oxygen atoms in total.